The molecule has 67 valence electrons. The average Bonchev–Trinajstić information content (AvgIpc) is 1.19. The van der Waals surface area contributed by atoms with Crippen molar-refractivity contribution >= 4 is 7.82 Å². The molecule has 0 saturated heterocycles. The van der Waals surface area contributed by atoms with Crippen LogP contribution in [0.15, 0.2) is 0 Å². The van der Waals surface area contributed by atoms with Gasteiger partial charge in [0.2, 0.25) is 0 Å². The summed E-state index contributed by atoms with van der Waals surface area (Å²) in [6, 6.07) is 0. The molecule has 0 aromatic heterocycles. The van der Waals surface area contributed by atoms with Gasteiger partial charge in [-0.05, 0) is 0 Å². The van der Waals surface area contributed by atoms with Crippen molar-refractivity contribution in [3.63, 3.8) is 0 Å². The molecule has 0 saturated carbocycles. The molecule has 0 fully saturated rings. The molecule has 0 atom stereocenters. The predicted molar refractivity (Wildman–Crippen MR) is 18.0 cm³/mol. The van der Waals surface area contributed by atoms with Crippen LogP contribution in [0, 0.1) is 15.3 Å². The summed E-state index contributed by atoms with van der Waals surface area (Å²) >= 11 is 0. The Hall–Kier alpha value is -0.171. The quantitative estimate of drug-likeness (QED) is 0.182. The van der Waals surface area contributed by atoms with Crippen LogP contribution in [0.3, 0.4) is 0 Å². The van der Waals surface area contributed by atoms with Crippen molar-refractivity contribution in [3.05, 3.63) is 15.3 Å². The summed E-state index contributed by atoms with van der Waals surface area (Å²) in [5.41, 5.74) is 0. The molecular weight excluding hydrogens is 221 g/mol. The summed E-state index contributed by atoms with van der Waals surface area (Å²) in [7, 11) is -5.39. The zero-order valence-corrected chi connectivity index (χ0v) is 5.89. The van der Waals surface area contributed by atoms with Gasteiger partial charge in [-0.25, -0.2) is 0 Å². The topological polar surface area (TPSA) is 152 Å². The summed E-state index contributed by atoms with van der Waals surface area (Å²) < 4.78 is 8.55. The van der Waals surface area contributed by atoms with Gasteiger partial charge in [0.1, 0.15) is 0 Å². The van der Waals surface area contributed by atoms with Crippen LogP contribution in [0.2, 0.25) is 0 Å². The Balaban J connectivity index is -0.0000000910. The zero-order chi connectivity index (χ0) is 8.08. The maximum Gasteiger partial charge on any atom is 0.0689 e. The maximum absolute atomic E-state index is 8.55. The van der Waals surface area contributed by atoms with Gasteiger partial charge in [0.05, 0.1) is 5.09 Å². The Morgan fingerprint density at radius 2 is 1.10 bits per heavy atom. The molecule has 0 rings (SSSR count). The van der Waals surface area contributed by atoms with Crippen LogP contribution in [0.25, 0.3) is 0 Å². The summed E-state index contributed by atoms with van der Waals surface area (Å²) in [6.45, 7) is 0. The zero-order valence-electron chi connectivity index (χ0n) is 4.05. The van der Waals surface area contributed by atoms with Gasteiger partial charge in [-0.1, -0.05) is 0 Å². The monoisotopic (exact) mass is 220 g/mol. The van der Waals surface area contributed by atoms with Crippen molar-refractivity contribution in [1.29, 1.82) is 0 Å². The van der Waals surface area contributed by atoms with Gasteiger partial charge in [-0.15, -0.1) is 0 Å². The normalized spacial score (nSPS) is 8.30. The van der Waals surface area contributed by atoms with Gasteiger partial charge in [-0.2, -0.15) is 7.82 Å². The molecule has 0 aliphatic rings. The molecule has 0 aliphatic carbocycles. The Morgan fingerprint density at radius 1 is 1.10 bits per heavy atom. The Morgan fingerprint density at radius 3 is 1.10 bits per heavy atom. The molecule has 0 unspecified atom stereocenters. The smallest absolute Gasteiger partial charge is 0.0689 e. The Labute approximate surface area is 65.3 Å². The van der Waals surface area contributed by atoms with Gasteiger partial charge in [0.25, 0.3) is 0 Å². The first-order valence-electron chi connectivity index (χ1n) is 1.28. The van der Waals surface area contributed by atoms with E-state index in [1.807, 2.05) is 0 Å². The van der Waals surface area contributed by atoms with E-state index >= 15 is 0 Å². The van der Waals surface area contributed by atoms with Crippen molar-refractivity contribution in [2.45, 2.75) is 0 Å². The van der Waals surface area contributed by atoms with Crippen molar-refractivity contribution in [3.8, 4) is 0 Å². The van der Waals surface area contributed by atoms with Gasteiger partial charge in [-0.3, -0.25) is 0 Å². The van der Waals surface area contributed by atoms with Crippen LogP contribution in [0.1, 0.15) is 0 Å². The first kappa shape index (κ1) is 16.4. The first-order chi connectivity index (χ1) is 3.73. The minimum atomic E-state index is -5.39. The molecule has 0 amide bonds. The van der Waals surface area contributed by atoms with Crippen molar-refractivity contribution < 1.29 is 41.4 Å². The third-order valence-corrected chi connectivity index (χ3v) is 0. The second kappa shape index (κ2) is 6.94. The van der Waals surface area contributed by atoms with E-state index in [4.69, 9.17) is 34.6 Å². The fourth-order valence-corrected chi connectivity index (χ4v) is 0. The molecule has 0 N–H and O–H groups in total. The molecule has 10 heavy (non-hydrogen) atoms. The molecule has 0 spiro atoms. The van der Waals surface area contributed by atoms with E-state index in [9.17, 15) is 0 Å². The molecule has 10 heteroatoms. The summed E-state index contributed by atoms with van der Waals surface area (Å²) in [5.74, 6) is 0. The van der Waals surface area contributed by atoms with Crippen LogP contribution in [-0.2, 0) is 21.6 Å². The molecule has 0 aromatic rings. The van der Waals surface area contributed by atoms with Crippen LogP contribution < -0.4 is 14.7 Å². The fraction of sp³-hybridized carbons (Fsp3) is 0. The van der Waals surface area contributed by atoms with E-state index < -0.39 is 12.9 Å². The third-order valence-electron chi connectivity index (χ3n) is 0. The number of phosphoric acid groups is 1. The molecule has 1 radical (unpaired) electrons. The molecular formula is CuNO7P-4. The van der Waals surface area contributed by atoms with E-state index in [1.54, 1.807) is 0 Å². The average molecular weight is 221 g/mol. The summed E-state index contributed by atoms with van der Waals surface area (Å²) in [5, 5.41) is 14.8. The number of nitrogens with zero attached hydrogens (tertiary/aromatic N) is 1. The van der Waals surface area contributed by atoms with Crippen LogP contribution in [-0.4, -0.2) is 5.09 Å². The van der Waals surface area contributed by atoms with E-state index in [0.717, 1.165) is 0 Å². The minimum Gasteiger partial charge on any atom is -0.822 e. The second-order valence-electron chi connectivity index (χ2n) is 0.671. The molecule has 0 heterocycles. The minimum absolute atomic E-state index is 0. The van der Waals surface area contributed by atoms with Gasteiger partial charge in [0.15, 0.2) is 0 Å². The van der Waals surface area contributed by atoms with Gasteiger partial charge >= 0.3 is 0 Å². The van der Waals surface area contributed by atoms with Gasteiger partial charge in [0, 0.05) is 17.1 Å². The van der Waals surface area contributed by atoms with E-state index in [1.165, 1.54) is 0 Å². The second-order valence-corrected chi connectivity index (χ2v) is 1.57. The number of hydrogen-bond acceptors (Lipinski definition) is 7. The summed E-state index contributed by atoms with van der Waals surface area (Å²) in [6.07, 6.45) is 0. The predicted octanol–water partition coefficient (Wildman–Crippen LogP) is -3.07. The summed E-state index contributed by atoms with van der Waals surface area (Å²) in [4.78, 5) is 33.9. The van der Waals surface area contributed by atoms with Crippen LogP contribution in [0.5, 0.6) is 0 Å². The van der Waals surface area contributed by atoms with Gasteiger partial charge < -0.3 is 34.6 Å². The maximum atomic E-state index is 8.55. The number of hydrogen-bond donors (Lipinski definition) is 0. The molecule has 8 nitrogen and oxygen atoms in total. The van der Waals surface area contributed by atoms with Crippen molar-refractivity contribution in [2.24, 2.45) is 0 Å². The Kier molecular flexibility index (Phi) is 11.4. The van der Waals surface area contributed by atoms with E-state index in [0.29, 0.717) is 0 Å². The third kappa shape index (κ3) is 12600. The van der Waals surface area contributed by atoms with Crippen LogP contribution in [0.4, 0.5) is 0 Å². The van der Waals surface area contributed by atoms with Crippen molar-refractivity contribution in [1.82, 2.24) is 0 Å². The number of rotatable bonds is 0. The first-order valence-corrected chi connectivity index (χ1v) is 2.74. The molecule has 0 aliphatic heterocycles. The Bertz CT molecular complexity index is 113. The van der Waals surface area contributed by atoms with E-state index in [2.05, 4.69) is 0 Å². The van der Waals surface area contributed by atoms with Crippen molar-refractivity contribution in [2.75, 3.05) is 0 Å². The molecule has 0 aromatic carbocycles. The van der Waals surface area contributed by atoms with E-state index in [-0.39, 0.29) is 17.1 Å². The molecule has 0 bridgehead atoms. The largest absolute Gasteiger partial charge is 0.822 e. The standard InChI is InChI=1S/Cu.NO3.H3O4P/c;2-1(3)4;1-5(2,3)4/h;;(H3,1,2,3,4)/q;-1;/p-3. The fourth-order valence-electron chi connectivity index (χ4n) is 0. The SMILES string of the molecule is O=P([O-])([O-])[O-].O=[N+]([O-])[O-].[Cu]. The van der Waals surface area contributed by atoms with Crippen LogP contribution >= 0.6 is 7.82 Å².